The van der Waals surface area contributed by atoms with Crippen molar-refractivity contribution in [2.75, 3.05) is 19.7 Å². The minimum atomic E-state index is -0.616. The van der Waals surface area contributed by atoms with E-state index in [9.17, 15) is 14.0 Å². The van der Waals surface area contributed by atoms with Crippen molar-refractivity contribution >= 4 is 22.9 Å². The number of hydrogen-bond acceptors (Lipinski definition) is 3. The van der Waals surface area contributed by atoms with Crippen molar-refractivity contribution in [1.82, 2.24) is 15.2 Å². The van der Waals surface area contributed by atoms with Gasteiger partial charge in [0.25, 0.3) is 0 Å². The van der Waals surface area contributed by atoms with Gasteiger partial charge in [-0.05, 0) is 31.0 Å². The topological polar surface area (TPSA) is 74.4 Å². The van der Waals surface area contributed by atoms with Crippen LogP contribution in [0.1, 0.15) is 29.8 Å². The molecule has 0 fully saturated rings. The number of ether oxygens (including phenoxy) is 1. The van der Waals surface area contributed by atoms with E-state index in [0.717, 1.165) is 22.2 Å². The Bertz CT molecular complexity index is 1060. The van der Waals surface area contributed by atoms with Crippen LogP contribution in [0.15, 0.2) is 48.5 Å². The molecule has 0 spiro atoms. The number of aromatic amines is 1. The van der Waals surface area contributed by atoms with Crippen LogP contribution in [0.25, 0.3) is 10.9 Å². The highest BCUT2D eigenvalue weighted by atomic mass is 19.1. The Kier molecular flexibility index (Phi) is 5.20. The van der Waals surface area contributed by atoms with Crippen molar-refractivity contribution in [2.24, 2.45) is 0 Å². The number of benzene rings is 2. The number of amides is 2. The van der Waals surface area contributed by atoms with Crippen LogP contribution in [-0.2, 0) is 16.0 Å². The maximum atomic E-state index is 14.7. The van der Waals surface area contributed by atoms with Crippen LogP contribution in [0.3, 0.4) is 0 Å². The summed E-state index contributed by atoms with van der Waals surface area (Å²) in [6.07, 6.45) is 0.636. The predicted octanol–water partition coefficient (Wildman–Crippen LogP) is 3.53. The van der Waals surface area contributed by atoms with E-state index >= 15 is 0 Å². The highest BCUT2D eigenvalue weighted by molar-refractivity contribution is 5.87. The molecule has 6 nitrogen and oxygen atoms in total. The summed E-state index contributed by atoms with van der Waals surface area (Å²) >= 11 is 0. The third-order valence-corrected chi connectivity index (χ3v) is 5.18. The molecule has 1 aromatic heterocycles. The van der Waals surface area contributed by atoms with E-state index in [4.69, 9.17) is 4.74 Å². The van der Waals surface area contributed by atoms with Gasteiger partial charge in [0.2, 0.25) is 0 Å². The minimum absolute atomic E-state index is 0.229. The van der Waals surface area contributed by atoms with Crippen molar-refractivity contribution in [3.8, 4) is 0 Å². The molecule has 0 bridgehead atoms. The van der Waals surface area contributed by atoms with Crippen LogP contribution in [-0.4, -0.2) is 41.6 Å². The Labute approximate surface area is 167 Å². The molecule has 29 heavy (non-hydrogen) atoms. The third-order valence-electron chi connectivity index (χ3n) is 5.18. The lowest BCUT2D eigenvalue weighted by atomic mass is 9.92. The lowest BCUT2D eigenvalue weighted by molar-refractivity contribution is -0.141. The molecule has 1 aliphatic rings. The third kappa shape index (κ3) is 3.55. The van der Waals surface area contributed by atoms with Crippen LogP contribution in [0.5, 0.6) is 0 Å². The summed E-state index contributed by atoms with van der Waals surface area (Å²) in [7, 11) is 0. The normalized spacial score (nSPS) is 15.8. The molecule has 2 amide bonds. The van der Waals surface area contributed by atoms with Crippen LogP contribution in [0.2, 0.25) is 0 Å². The molecular formula is C22H22FN3O3. The van der Waals surface area contributed by atoms with Gasteiger partial charge in [-0.15, -0.1) is 0 Å². The lowest BCUT2D eigenvalue weighted by Crippen LogP contribution is -2.47. The first-order valence-electron chi connectivity index (χ1n) is 9.64. The summed E-state index contributed by atoms with van der Waals surface area (Å²) in [4.78, 5) is 29.5. The van der Waals surface area contributed by atoms with Gasteiger partial charge in [-0.2, -0.15) is 0 Å². The van der Waals surface area contributed by atoms with Gasteiger partial charge in [0, 0.05) is 28.7 Å². The number of H-pyrrole nitrogens is 1. The molecule has 2 N–H and O–H groups in total. The zero-order valence-corrected chi connectivity index (χ0v) is 16.1. The summed E-state index contributed by atoms with van der Waals surface area (Å²) < 4.78 is 19.6. The highest BCUT2D eigenvalue weighted by Gasteiger charge is 2.36. The second kappa shape index (κ2) is 7.95. The molecule has 0 saturated carbocycles. The highest BCUT2D eigenvalue weighted by Crippen LogP contribution is 2.39. The predicted molar refractivity (Wildman–Crippen MR) is 107 cm³/mol. The molecule has 2 heterocycles. The number of aromatic nitrogens is 1. The lowest BCUT2D eigenvalue weighted by Gasteiger charge is -2.36. The fourth-order valence-corrected chi connectivity index (χ4v) is 3.94. The Morgan fingerprint density at radius 1 is 1.21 bits per heavy atom. The van der Waals surface area contributed by atoms with Gasteiger partial charge in [-0.25, -0.2) is 9.18 Å². The smallest absolute Gasteiger partial charge is 0.325 e. The molecule has 7 heteroatoms. The molecule has 0 unspecified atom stereocenters. The number of nitrogens with zero attached hydrogens (tertiary/aromatic N) is 1. The van der Waals surface area contributed by atoms with E-state index in [-0.39, 0.29) is 19.0 Å². The van der Waals surface area contributed by atoms with Crippen LogP contribution >= 0.6 is 0 Å². The van der Waals surface area contributed by atoms with Crippen molar-refractivity contribution in [1.29, 1.82) is 0 Å². The quantitative estimate of drug-likeness (QED) is 0.664. The first-order valence-corrected chi connectivity index (χ1v) is 9.64. The van der Waals surface area contributed by atoms with Gasteiger partial charge in [0.15, 0.2) is 0 Å². The number of halogens is 1. The molecule has 1 atom stereocenters. The first kappa shape index (κ1) is 19.0. The summed E-state index contributed by atoms with van der Waals surface area (Å²) in [5.74, 6) is -0.890. The molecule has 2 aromatic carbocycles. The Balaban J connectivity index is 1.73. The van der Waals surface area contributed by atoms with Gasteiger partial charge in [-0.3, -0.25) is 4.79 Å². The molecular weight excluding hydrogens is 373 g/mol. The Morgan fingerprint density at radius 3 is 2.76 bits per heavy atom. The Morgan fingerprint density at radius 2 is 1.97 bits per heavy atom. The number of hydrogen-bond donors (Lipinski definition) is 2. The number of fused-ring (bicyclic) bond motifs is 3. The number of para-hydroxylation sites is 1. The van der Waals surface area contributed by atoms with Gasteiger partial charge in [0.1, 0.15) is 18.4 Å². The number of esters is 1. The van der Waals surface area contributed by atoms with Gasteiger partial charge in [0.05, 0.1) is 6.61 Å². The fourth-order valence-electron chi connectivity index (χ4n) is 3.94. The largest absolute Gasteiger partial charge is 0.465 e. The van der Waals surface area contributed by atoms with Gasteiger partial charge < -0.3 is 19.9 Å². The summed E-state index contributed by atoms with van der Waals surface area (Å²) in [5, 5.41) is 3.68. The molecule has 0 aliphatic carbocycles. The standard InChI is InChI=1S/C22H22FN3O3/c1-2-29-19(27)13-24-22(28)26-12-11-15-14-7-4-6-10-18(14)25-20(15)21(26)16-8-3-5-9-17(16)23/h3-10,21,25H,2,11-13H2,1H3,(H,24,28)/t21-/m1/s1. The number of carbonyl (C=O) groups excluding carboxylic acids is 2. The molecule has 0 saturated heterocycles. The monoisotopic (exact) mass is 395 g/mol. The van der Waals surface area contributed by atoms with Crippen molar-refractivity contribution in [3.63, 3.8) is 0 Å². The SMILES string of the molecule is CCOC(=O)CNC(=O)N1CCc2c([nH]c3ccccc23)[C@H]1c1ccccc1F. The summed E-state index contributed by atoms with van der Waals surface area (Å²) in [6.45, 7) is 2.12. The Hall–Kier alpha value is -3.35. The average molecular weight is 395 g/mol. The maximum Gasteiger partial charge on any atom is 0.325 e. The molecule has 4 rings (SSSR count). The van der Waals surface area contributed by atoms with Gasteiger partial charge in [-0.1, -0.05) is 36.4 Å². The van der Waals surface area contributed by atoms with Crippen LogP contribution < -0.4 is 5.32 Å². The van der Waals surface area contributed by atoms with E-state index in [1.807, 2.05) is 24.3 Å². The molecule has 3 aromatic rings. The minimum Gasteiger partial charge on any atom is -0.465 e. The average Bonchev–Trinajstić information content (AvgIpc) is 3.11. The molecule has 150 valence electrons. The summed E-state index contributed by atoms with van der Waals surface area (Å²) in [6, 6.07) is 13.3. The van der Waals surface area contributed by atoms with Gasteiger partial charge >= 0.3 is 12.0 Å². The second-order valence-corrected chi connectivity index (χ2v) is 6.89. The fraction of sp³-hybridized carbons (Fsp3) is 0.273. The van der Waals surface area contributed by atoms with E-state index < -0.39 is 18.0 Å². The molecule has 1 aliphatic heterocycles. The van der Waals surface area contributed by atoms with Crippen molar-refractivity contribution < 1.29 is 18.7 Å². The second-order valence-electron chi connectivity index (χ2n) is 6.89. The number of rotatable bonds is 4. The van der Waals surface area contributed by atoms with Crippen molar-refractivity contribution in [2.45, 2.75) is 19.4 Å². The zero-order valence-electron chi connectivity index (χ0n) is 16.1. The van der Waals surface area contributed by atoms with E-state index in [2.05, 4.69) is 10.3 Å². The van der Waals surface area contributed by atoms with E-state index in [1.165, 1.54) is 6.07 Å². The van der Waals surface area contributed by atoms with Crippen LogP contribution in [0, 0.1) is 5.82 Å². The van der Waals surface area contributed by atoms with Crippen molar-refractivity contribution in [3.05, 3.63) is 71.2 Å². The number of nitrogens with one attached hydrogen (secondary N) is 2. The zero-order chi connectivity index (χ0) is 20.4. The number of urea groups is 1. The van der Waals surface area contributed by atoms with E-state index in [1.54, 1.807) is 30.0 Å². The number of carbonyl (C=O) groups is 2. The van der Waals surface area contributed by atoms with E-state index in [0.29, 0.717) is 18.5 Å². The molecule has 0 radical (unpaired) electrons. The van der Waals surface area contributed by atoms with Crippen LogP contribution in [0.4, 0.5) is 9.18 Å². The first-order chi connectivity index (χ1) is 14.1. The summed E-state index contributed by atoms with van der Waals surface area (Å²) in [5.41, 5.74) is 3.25. The maximum absolute atomic E-state index is 14.7.